The maximum absolute atomic E-state index is 12.9. The van der Waals surface area contributed by atoms with Crippen molar-refractivity contribution >= 4 is 39.6 Å². The molecule has 0 N–H and O–H groups in total. The molecule has 26 heavy (non-hydrogen) atoms. The van der Waals surface area contributed by atoms with E-state index in [9.17, 15) is 4.79 Å². The zero-order valence-electron chi connectivity index (χ0n) is 14.5. The number of hydrogen-bond donors (Lipinski definition) is 0. The number of anilines is 1. The zero-order valence-corrected chi connectivity index (χ0v) is 15.3. The van der Waals surface area contributed by atoms with Crippen LogP contribution < -0.4 is 4.90 Å². The van der Waals surface area contributed by atoms with Gasteiger partial charge in [0.05, 0.1) is 23.2 Å². The van der Waals surface area contributed by atoms with Crippen molar-refractivity contribution in [3.05, 3.63) is 73.1 Å². The van der Waals surface area contributed by atoms with Gasteiger partial charge in [-0.15, -0.1) is 0 Å². The topological polar surface area (TPSA) is 37.6 Å². The van der Waals surface area contributed by atoms with E-state index in [0.29, 0.717) is 12.3 Å². The molecule has 0 aliphatic rings. The van der Waals surface area contributed by atoms with Crippen molar-refractivity contribution in [2.45, 2.75) is 12.1 Å². The summed E-state index contributed by atoms with van der Waals surface area (Å²) in [5, 5.41) is 3.08. The second kappa shape index (κ2) is 7.22. The Balaban J connectivity index is 1.57. The van der Waals surface area contributed by atoms with E-state index in [-0.39, 0.29) is 5.91 Å². The van der Waals surface area contributed by atoms with Crippen molar-refractivity contribution in [3.63, 3.8) is 0 Å². The average Bonchev–Trinajstić information content (AvgIpc) is 3.10. The highest BCUT2D eigenvalue weighted by Gasteiger charge is 2.17. The van der Waals surface area contributed by atoms with Gasteiger partial charge >= 0.3 is 0 Å². The number of benzene rings is 2. The summed E-state index contributed by atoms with van der Waals surface area (Å²) < 4.78 is 2.01. The minimum Gasteiger partial charge on any atom is -0.311 e. The fraction of sp³-hybridized carbons (Fsp3) is 0.143. The predicted molar refractivity (Wildman–Crippen MR) is 108 cm³/mol. The number of carbonyl (C=O) groups excluding carboxylic acids is 1. The first-order valence-electron chi connectivity index (χ1n) is 8.61. The molecule has 0 atom stereocenters. The maximum Gasteiger partial charge on any atom is 0.237 e. The van der Waals surface area contributed by atoms with Crippen LogP contribution in [0, 0.1) is 0 Å². The molecule has 130 valence electrons. The van der Waals surface area contributed by atoms with Crippen molar-refractivity contribution in [1.82, 2.24) is 9.38 Å². The number of rotatable bonds is 5. The van der Waals surface area contributed by atoms with Crippen LogP contribution in [0.4, 0.5) is 5.69 Å². The standard InChI is InChI=1S/C21H19N3OS/c1-2-23(19-12-7-9-16-8-3-4-11-18(16)19)20(25)15-26-21-22-14-17-10-5-6-13-24(17)21/h3-14H,2,15H2,1H3. The largest absolute Gasteiger partial charge is 0.311 e. The predicted octanol–water partition coefficient (Wildman–Crippen LogP) is 4.63. The summed E-state index contributed by atoms with van der Waals surface area (Å²) in [5.41, 5.74) is 1.99. The fourth-order valence-electron chi connectivity index (χ4n) is 3.16. The molecule has 0 aliphatic carbocycles. The van der Waals surface area contributed by atoms with Crippen LogP contribution >= 0.6 is 11.8 Å². The Labute approximate surface area is 156 Å². The lowest BCUT2D eigenvalue weighted by atomic mass is 10.1. The van der Waals surface area contributed by atoms with Gasteiger partial charge in [0.1, 0.15) is 0 Å². The Bertz CT molecular complexity index is 1070. The van der Waals surface area contributed by atoms with E-state index in [2.05, 4.69) is 23.2 Å². The molecular formula is C21H19N3OS. The Kier molecular flexibility index (Phi) is 4.63. The van der Waals surface area contributed by atoms with Gasteiger partial charge < -0.3 is 4.90 Å². The second-order valence-electron chi connectivity index (χ2n) is 5.96. The highest BCUT2D eigenvalue weighted by Crippen LogP contribution is 2.28. The van der Waals surface area contributed by atoms with E-state index < -0.39 is 0 Å². The van der Waals surface area contributed by atoms with Crippen LogP contribution in [0.5, 0.6) is 0 Å². The molecular weight excluding hydrogens is 342 g/mol. The van der Waals surface area contributed by atoms with Gasteiger partial charge in [0, 0.05) is 18.1 Å². The first-order chi connectivity index (χ1) is 12.8. The maximum atomic E-state index is 12.9. The fourth-order valence-corrected chi connectivity index (χ4v) is 4.00. The summed E-state index contributed by atoms with van der Waals surface area (Å²) in [7, 11) is 0. The Morgan fingerprint density at radius 3 is 2.77 bits per heavy atom. The molecule has 2 aromatic heterocycles. The summed E-state index contributed by atoms with van der Waals surface area (Å²) in [6, 6.07) is 20.2. The van der Waals surface area contributed by atoms with Gasteiger partial charge in [0.25, 0.3) is 0 Å². The van der Waals surface area contributed by atoms with Crippen LogP contribution in [0.25, 0.3) is 16.3 Å². The highest BCUT2D eigenvalue weighted by molar-refractivity contribution is 7.99. The van der Waals surface area contributed by atoms with Gasteiger partial charge in [-0.1, -0.05) is 54.2 Å². The Hall–Kier alpha value is -2.79. The van der Waals surface area contributed by atoms with E-state index in [1.165, 1.54) is 11.8 Å². The average molecular weight is 361 g/mol. The Morgan fingerprint density at radius 1 is 1.08 bits per heavy atom. The molecule has 1 amide bonds. The van der Waals surface area contributed by atoms with Crippen LogP contribution in [-0.4, -0.2) is 27.6 Å². The van der Waals surface area contributed by atoms with Crippen molar-refractivity contribution in [2.24, 2.45) is 0 Å². The molecule has 5 heteroatoms. The van der Waals surface area contributed by atoms with Crippen molar-refractivity contribution in [2.75, 3.05) is 17.2 Å². The van der Waals surface area contributed by atoms with Crippen molar-refractivity contribution in [3.8, 4) is 0 Å². The minimum absolute atomic E-state index is 0.0848. The minimum atomic E-state index is 0.0848. The first-order valence-corrected chi connectivity index (χ1v) is 9.59. The molecule has 0 saturated carbocycles. The second-order valence-corrected chi connectivity index (χ2v) is 6.90. The van der Waals surface area contributed by atoms with Crippen molar-refractivity contribution in [1.29, 1.82) is 0 Å². The number of thioether (sulfide) groups is 1. The summed E-state index contributed by atoms with van der Waals surface area (Å²) in [5.74, 6) is 0.437. The molecule has 0 spiro atoms. The van der Waals surface area contributed by atoms with E-state index in [4.69, 9.17) is 0 Å². The highest BCUT2D eigenvalue weighted by atomic mass is 32.2. The van der Waals surface area contributed by atoms with Gasteiger partial charge in [-0.25, -0.2) is 4.98 Å². The van der Waals surface area contributed by atoms with E-state index >= 15 is 0 Å². The molecule has 0 bridgehead atoms. The SMILES string of the molecule is CCN(C(=O)CSc1ncc2ccccn12)c1cccc2ccccc12. The van der Waals surface area contributed by atoms with Crippen LogP contribution in [0.15, 0.2) is 78.2 Å². The summed E-state index contributed by atoms with van der Waals surface area (Å²) in [4.78, 5) is 19.2. The number of aromatic nitrogens is 2. The number of imidazole rings is 1. The third-order valence-electron chi connectivity index (χ3n) is 4.40. The molecule has 4 aromatic rings. The number of carbonyl (C=O) groups is 1. The third-order valence-corrected chi connectivity index (χ3v) is 5.36. The van der Waals surface area contributed by atoms with Gasteiger partial charge in [0.15, 0.2) is 5.16 Å². The summed E-state index contributed by atoms with van der Waals surface area (Å²) in [6.07, 6.45) is 3.80. The number of hydrogen-bond acceptors (Lipinski definition) is 3. The van der Waals surface area contributed by atoms with Gasteiger partial charge in [-0.3, -0.25) is 9.20 Å². The molecule has 4 nitrogen and oxygen atoms in total. The molecule has 0 fully saturated rings. The molecule has 0 unspecified atom stereocenters. The van der Waals surface area contributed by atoms with Gasteiger partial charge in [-0.2, -0.15) is 0 Å². The number of pyridine rings is 1. The quantitative estimate of drug-likeness (QED) is 0.486. The van der Waals surface area contributed by atoms with E-state index in [0.717, 1.165) is 27.1 Å². The smallest absolute Gasteiger partial charge is 0.237 e. The van der Waals surface area contributed by atoms with E-state index in [1.54, 1.807) is 0 Å². The van der Waals surface area contributed by atoms with Crippen LogP contribution in [0.3, 0.4) is 0 Å². The van der Waals surface area contributed by atoms with Crippen LogP contribution in [-0.2, 0) is 4.79 Å². The molecule has 0 saturated heterocycles. The Morgan fingerprint density at radius 2 is 1.88 bits per heavy atom. The van der Waals surface area contributed by atoms with Crippen LogP contribution in [0.2, 0.25) is 0 Å². The lowest BCUT2D eigenvalue weighted by molar-refractivity contribution is -0.116. The molecule has 0 radical (unpaired) electrons. The summed E-state index contributed by atoms with van der Waals surface area (Å²) in [6.45, 7) is 2.64. The molecule has 0 aliphatic heterocycles. The molecule has 2 aromatic carbocycles. The zero-order chi connectivity index (χ0) is 17.9. The first kappa shape index (κ1) is 16.7. The summed E-state index contributed by atoms with van der Waals surface area (Å²) >= 11 is 1.47. The van der Waals surface area contributed by atoms with Crippen LogP contribution in [0.1, 0.15) is 6.92 Å². The van der Waals surface area contributed by atoms with Gasteiger partial charge in [-0.05, 0) is 30.5 Å². The number of nitrogens with zero attached hydrogens (tertiary/aromatic N) is 3. The lowest BCUT2D eigenvalue weighted by Crippen LogP contribution is -2.32. The normalized spacial score (nSPS) is 11.1. The lowest BCUT2D eigenvalue weighted by Gasteiger charge is -2.22. The van der Waals surface area contributed by atoms with Gasteiger partial charge in [0.2, 0.25) is 5.91 Å². The number of fused-ring (bicyclic) bond motifs is 2. The third kappa shape index (κ3) is 3.06. The monoisotopic (exact) mass is 361 g/mol. The number of amides is 1. The molecule has 2 heterocycles. The van der Waals surface area contributed by atoms with E-state index in [1.807, 2.05) is 71.1 Å². The molecule has 4 rings (SSSR count). The van der Waals surface area contributed by atoms with Crippen molar-refractivity contribution < 1.29 is 4.79 Å².